The molecule has 0 fully saturated rings. The quantitative estimate of drug-likeness (QED) is 0.0631. The average Bonchev–Trinajstić information content (AvgIpc) is 3.50. The van der Waals surface area contributed by atoms with Gasteiger partial charge in [-0.3, -0.25) is 9.59 Å². The van der Waals surface area contributed by atoms with E-state index in [-0.39, 0.29) is 22.6 Å². The second kappa shape index (κ2) is 17.2. The van der Waals surface area contributed by atoms with Gasteiger partial charge >= 0.3 is 0 Å². The predicted octanol–water partition coefficient (Wildman–Crippen LogP) is 8.89. The zero-order valence-corrected chi connectivity index (χ0v) is 33.7. The van der Waals surface area contributed by atoms with Crippen LogP contribution in [-0.4, -0.2) is 60.0 Å². The van der Waals surface area contributed by atoms with Crippen LogP contribution in [0.25, 0.3) is 0 Å². The molecule has 8 heteroatoms. The van der Waals surface area contributed by atoms with Crippen molar-refractivity contribution in [3.63, 3.8) is 0 Å². The molecule has 5 rings (SSSR count). The first-order valence-electron chi connectivity index (χ1n) is 19.5. The van der Waals surface area contributed by atoms with E-state index in [1.165, 1.54) is 33.9 Å². The number of benzene rings is 2. The Kier molecular flexibility index (Phi) is 12.9. The van der Waals surface area contributed by atoms with E-state index in [1.807, 2.05) is 6.92 Å². The number of fused-ring (bicyclic) bond motifs is 2. The Morgan fingerprint density at radius 3 is 2.32 bits per heavy atom. The van der Waals surface area contributed by atoms with Crippen LogP contribution in [0.1, 0.15) is 98.1 Å². The Morgan fingerprint density at radius 1 is 0.887 bits per heavy atom. The molecule has 7 nitrogen and oxygen atoms in total. The SMILES string of the molecule is CCCCN1C(=CC=C2C=C(C=CC3=[N+](CCC)c4ccccc4C3(C)C)CC(C(=O)NCC)(C(=O)NCCCN=C=S)C2)C(C)(C)c2ccccc21. The lowest BCUT2D eigenvalue weighted by Crippen LogP contribution is -2.53. The van der Waals surface area contributed by atoms with Crippen LogP contribution in [0.5, 0.6) is 0 Å². The molecule has 2 amide bonds. The number of rotatable bonds is 15. The highest BCUT2D eigenvalue weighted by atomic mass is 32.1. The number of nitrogens with zero attached hydrogens (tertiary/aromatic N) is 3. The van der Waals surface area contributed by atoms with Crippen molar-refractivity contribution in [1.29, 1.82) is 0 Å². The number of anilines is 1. The number of allylic oxidation sites excluding steroid dienone is 8. The Balaban J connectivity index is 1.62. The molecule has 2 heterocycles. The lowest BCUT2D eigenvalue weighted by molar-refractivity contribution is -0.437. The molecule has 0 saturated carbocycles. The van der Waals surface area contributed by atoms with E-state index < -0.39 is 5.41 Å². The fourth-order valence-electron chi connectivity index (χ4n) is 8.32. The summed E-state index contributed by atoms with van der Waals surface area (Å²) < 4.78 is 2.42. The molecule has 1 atom stereocenters. The van der Waals surface area contributed by atoms with Gasteiger partial charge in [-0.15, -0.1) is 0 Å². The summed E-state index contributed by atoms with van der Waals surface area (Å²) in [5.41, 5.74) is 7.71. The molecular formula is C45H58N5O2S+. The molecule has 3 aliphatic rings. The second-order valence-corrected chi connectivity index (χ2v) is 15.7. The number of nitrogens with one attached hydrogen (secondary N) is 2. The fourth-order valence-corrected chi connectivity index (χ4v) is 8.41. The third kappa shape index (κ3) is 8.10. The van der Waals surface area contributed by atoms with Gasteiger partial charge in [0.1, 0.15) is 12.0 Å². The molecule has 0 radical (unpaired) electrons. The maximum Gasteiger partial charge on any atom is 0.236 e. The first-order valence-corrected chi connectivity index (χ1v) is 19.9. The lowest BCUT2D eigenvalue weighted by atomic mass is 9.70. The van der Waals surface area contributed by atoms with Gasteiger partial charge in [-0.1, -0.05) is 88.7 Å². The topological polar surface area (TPSA) is 76.8 Å². The van der Waals surface area contributed by atoms with E-state index in [0.717, 1.165) is 43.5 Å². The standard InChI is InChI=1S/C45H57N5O2S/c1-8-11-28-50-38-20-15-13-18-36(38)44(6,7)40(50)24-22-34-29-33(21-23-39-43(4,5)35-17-12-14-19-37(35)49(39)27-9-2)30-45(31-34,41(51)47-10-3)42(52)48-26-16-25-46-32-53/h12-15,17-24,29H,8-11,16,25-28,30-31H2,1-7H3,(H-,47,48,51,52)/p+1. The van der Waals surface area contributed by atoms with E-state index in [4.69, 9.17) is 12.2 Å². The van der Waals surface area contributed by atoms with E-state index in [2.05, 4.69) is 151 Å². The molecule has 0 saturated heterocycles. The highest BCUT2D eigenvalue weighted by Gasteiger charge is 2.49. The number of amides is 2. The van der Waals surface area contributed by atoms with Gasteiger partial charge in [-0.05, 0) is 87.5 Å². The summed E-state index contributed by atoms with van der Waals surface area (Å²) in [6, 6.07) is 17.3. The first-order chi connectivity index (χ1) is 25.5. The minimum absolute atomic E-state index is 0.204. The van der Waals surface area contributed by atoms with E-state index in [9.17, 15) is 9.59 Å². The zero-order valence-electron chi connectivity index (χ0n) is 32.9. The second-order valence-electron chi connectivity index (χ2n) is 15.6. The molecule has 0 bridgehead atoms. The maximum absolute atomic E-state index is 14.3. The zero-order chi connectivity index (χ0) is 38.2. The molecule has 1 unspecified atom stereocenters. The fraction of sp³-hybridized carbons (Fsp3) is 0.467. The molecule has 2 N–H and O–H groups in total. The average molecular weight is 733 g/mol. The summed E-state index contributed by atoms with van der Waals surface area (Å²) in [4.78, 5) is 35.0. The number of para-hydroxylation sites is 2. The predicted molar refractivity (Wildman–Crippen MR) is 223 cm³/mol. The summed E-state index contributed by atoms with van der Waals surface area (Å²) in [5, 5.41) is 8.51. The van der Waals surface area contributed by atoms with Crippen LogP contribution >= 0.6 is 12.2 Å². The number of carbonyl (C=O) groups is 2. The number of isothiocyanates is 1. The minimum Gasteiger partial charge on any atom is -0.355 e. The van der Waals surface area contributed by atoms with Gasteiger partial charge in [0.05, 0.1) is 17.1 Å². The third-order valence-corrected chi connectivity index (χ3v) is 11.2. The molecule has 2 aliphatic heterocycles. The highest BCUT2D eigenvalue weighted by molar-refractivity contribution is 7.78. The van der Waals surface area contributed by atoms with Crippen molar-refractivity contribution >= 4 is 46.3 Å². The van der Waals surface area contributed by atoms with E-state index in [1.54, 1.807) is 0 Å². The molecule has 2 aromatic rings. The van der Waals surface area contributed by atoms with Crippen LogP contribution in [0.2, 0.25) is 0 Å². The number of thiocarbonyl (C=S) groups is 1. The number of hydrogen-bond acceptors (Lipinski definition) is 5. The Morgan fingerprint density at radius 2 is 1.60 bits per heavy atom. The smallest absolute Gasteiger partial charge is 0.236 e. The maximum atomic E-state index is 14.3. The van der Waals surface area contributed by atoms with Crippen molar-refractivity contribution in [3.05, 3.63) is 107 Å². The lowest BCUT2D eigenvalue weighted by Gasteiger charge is -2.35. The van der Waals surface area contributed by atoms with Crippen molar-refractivity contribution in [3.8, 4) is 0 Å². The summed E-state index contributed by atoms with van der Waals surface area (Å²) in [5.74, 6) is -0.515. The van der Waals surface area contributed by atoms with E-state index in [0.29, 0.717) is 38.9 Å². The molecule has 1 aliphatic carbocycles. The largest absolute Gasteiger partial charge is 0.355 e. The molecule has 0 spiro atoms. The summed E-state index contributed by atoms with van der Waals surface area (Å²) in [6.07, 6.45) is 15.3. The van der Waals surface area contributed by atoms with Gasteiger partial charge < -0.3 is 15.5 Å². The van der Waals surface area contributed by atoms with Gasteiger partial charge in [-0.25, -0.2) is 4.99 Å². The number of aliphatic imine (C=N–C) groups is 1. The van der Waals surface area contributed by atoms with Crippen LogP contribution in [0.3, 0.4) is 0 Å². The minimum atomic E-state index is -1.32. The molecule has 53 heavy (non-hydrogen) atoms. The Bertz CT molecular complexity index is 1910. The summed E-state index contributed by atoms with van der Waals surface area (Å²) in [7, 11) is 0. The molecule has 280 valence electrons. The van der Waals surface area contributed by atoms with Gasteiger partial charge in [0, 0.05) is 60.6 Å². The summed E-state index contributed by atoms with van der Waals surface area (Å²) >= 11 is 4.72. The molecule has 2 aromatic carbocycles. The number of hydrogen-bond donors (Lipinski definition) is 2. The Labute approximate surface area is 322 Å². The van der Waals surface area contributed by atoms with Crippen LogP contribution in [-0.2, 0) is 20.4 Å². The van der Waals surface area contributed by atoms with Crippen molar-refractivity contribution in [2.24, 2.45) is 10.4 Å². The van der Waals surface area contributed by atoms with Crippen LogP contribution < -0.4 is 15.5 Å². The van der Waals surface area contributed by atoms with Gasteiger partial charge in [0.25, 0.3) is 0 Å². The van der Waals surface area contributed by atoms with Crippen LogP contribution in [0.4, 0.5) is 11.4 Å². The monoisotopic (exact) mass is 732 g/mol. The number of unbranched alkanes of at least 4 members (excludes halogenated alkanes) is 1. The highest BCUT2D eigenvalue weighted by Crippen LogP contribution is 2.48. The van der Waals surface area contributed by atoms with Crippen molar-refractivity contribution in [2.75, 3.05) is 37.6 Å². The van der Waals surface area contributed by atoms with Gasteiger partial charge in [0.15, 0.2) is 5.71 Å². The Hall–Kier alpha value is -4.39. The summed E-state index contributed by atoms with van der Waals surface area (Å²) in [6.45, 7) is 18.6. The molecular weight excluding hydrogens is 675 g/mol. The van der Waals surface area contributed by atoms with Crippen molar-refractivity contribution < 1.29 is 14.2 Å². The van der Waals surface area contributed by atoms with E-state index >= 15 is 0 Å². The molecule has 0 aromatic heterocycles. The van der Waals surface area contributed by atoms with Gasteiger partial charge in [0.2, 0.25) is 17.5 Å². The normalized spacial score (nSPS) is 21.4. The van der Waals surface area contributed by atoms with Crippen LogP contribution in [0, 0.1) is 5.41 Å². The van der Waals surface area contributed by atoms with Crippen LogP contribution in [0.15, 0.2) is 101 Å². The van der Waals surface area contributed by atoms with Crippen molar-refractivity contribution in [1.82, 2.24) is 10.6 Å². The first kappa shape index (κ1) is 39.8. The van der Waals surface area contributed by atoms with Gasteiger partial charge in [-0.2, -0.15) is 4.58 Å². The third-order valence-electron chi connectivity index (χ3n) is 11.1. The van der Waals surface area contributed by atoms with Crippen molar-refractivity contribution in [2.45, 2.75) is 97.8 Å². The number of carbonyl (C=O) groups excluding carboxylic acids is 2.